The molecule has 0 fully saturated rings. The molecule has 2 heterocycles. The lowest BCUT2D eigenvalue weighted by Crippen LogP contribution is -2.35. The molecule has 1 amide bonds. The Hall–Kier alpha value is -4.47. The Morgan fingerprint density at radius 2 is 1.78 bits per heavy atom. The first kappa shape index (κ1) is 24.6. The Bertz CT molecular complexity index is 1460. The number of aromatic nitrogens is 3. The van der Waals surface area contributed by atoms with Crippen molar-refractivity contribution in [1.82, 2.24) is 14.9 Å². The SMILES string of the molecule is CCOC(=O)c1ccc(NC(=O)C(CC)n2nc(-c3ccc(OC)cc3)c3c(C)onc3c2=O)cc1. The van der Waals surface area contributed by atoms with Gasteiger partial charge >= 0.3 is 5.97 Å². The summed E-state index contributed by atoms with van der Waals surface area (Å²) in [6, 6.07) is 12.6. The molecule has 0 spiro atoms. The fourth-order valence-corrected chi connectivity index (χ4v) is 3.87. The minimum absolute atomic E-state index is 0.0957. The molecule has 0 bridgehead atoms. The predicted molar refractivity (Wildman–Crippen MR) is 133 cm³/mol. The van der Waals surface area contributed by atoms with Gasteiger partial charge in [-0.25, -0.2) is 9.48 Å². The molecule has 10 nitrogen and oxygen atoms in total. The molecule has 2 aromatic carbocycles. The van der Waals surface area contributed by atoms with Crippen LogP contribution >= 0.6 is 0 Å². The average molecular weight is 491 g/mol. The molecule has 0 saturated carbocycles. The molecule has 1 N–H and O–H groups in total. The van der Waals surface area contributed by atoms with Gasteiger partial charge in [-0.05, 0) is 68.8 Å². The Morgan fingerprint density at radius 1 is 1.08 bits per heavy atom. The van der Waals surface area contributed by atoms with Crippen LogP contribution in [0.1, 0.15) is 42.4 Å². The van der Waals surface area contributed by atoms with Crippen molar-refractivity contribution in [2.24, 2.45) is 0 Å². The second-order valence-corrected chi connectivity index (χ2v) is 8.00. The molecule has 4 rings (SSSR count). The summed E-state index contributed by atoms with van der Waals surface area (Å²) in [5, 5.41) is 11.8. The first-order chi connectivity index (χ1) is 17.4. The lowest BCUT2D eigenvalue weighted by atomic mass is 10.1. The standard InChI is InChI=1S/C26H26N4O6/c1-5-20(24(31)27-18-11-7-17(8-12-18)26(33)35-6-2)30-25(32)23-21(15(3)36-29-23)22(28-30)16-9-13-19(34-4)14-10-16/h7-14,20H,5-6H2,1-4H3,(H,27,31). The molecule has 1 atom stereocenters. The second-order valence-electron chi connectivity index (χ2n) is 8.00. The van der Waals surface area contributed by atoms with Gasteiger partial charge < -0.3 is 19.3 Å². The van der Waals surface area contributed by atoms with E-state index in [0.717, 1.165) is 4.68 Å². The zero-order chi connectivity index (χ0) is 25.8. The van der Waals surface area contributed by atoms with E-state index in [-0.39, 0.29) is 12.1 Å². The fourth-order valence-electron chi connectivity index (χ4n) is 3.87. The van der Waals surface area contributed by atoms with Crippen LogP contribution in [0, 0.1) is 6.92 Å². The number of methoxy groups -OCH3 is 1. The summed E-state index contributed by atoms with van der Waals surface area (Å²) >= 11 is 0. The van der Waals surface area contributed by atoms with Gasteiger partial charge in [0.05, 0.1) is 24.7 Å². The lowest BCUT2D eigenvalue weighted by molar-refractivity contribution is -0.119. The van der Waals surface area contributed by atoms with Crippen molar-refractivity contribution in [2.45, 2.75) is 33.2 Å². The van der Waals surface area contributed by atoms with Gasteiger partial charge in [0.25, 0.3) is 5.56 Å². The van der Waals surface area contributed by atoms with Crippen LogP contribution < -0.4 is 15.6 Å². The van der Waals surface area contributed by atoms with E-state index in [9.17, 15) is 14.4 Å². The number of anilines is 1. The van der Waals surface area contributed by atoms with Crippen LogP contribution in [0.25, 0.3) is 22.2 Å². The molecular weight excluding hydrogens is 464 g/mol. The van der Waals surface area contributed by atoms with E-state index in [1.54, 1.807) is 64.3 Å². The van der Waals surface area contributed by atoms with E-state index < -0.39 is 23.5 Å². The number of hydrogen-bond donors (Lipinski definition) is 1. The predicted octanol–water partition coefficient (Wildman–Crippen LogP) is 4.14. The smallest absolute Gasteiger partial charge is 0.338 e. The highest BCUT2D eigenvalue weighted by atomic mass is 16.5. The molecule has 0 aliphatic heterocycles. The van der Waals surface area contributed by atoms with E-state index in [2.05, 4.69) is 15.6 Å². The number of nitrogens with one attached hydrogen (secondary N) is 1. The first-order valence-electron chi connectivity index (χ1n) is 11.5. The van der Waals surface area contributed by atoms with Gasteiger partial charge in [-0.15, -0.1) is 0 Å². The number of rotatable bonds is 8. The van der Waals surface area contributed by atoms with Gasteiger partial charge in [-0.3, -0.25) is 9.59 Å². The van der Waals surface area contributed by atoms with Crippen LogP contribution in [0.2, 0.25) is 0 Å². The number of fused-ring (bicyclic) bond motifs is 1. The number of benzene rings is 2. The highest BCUT2D eigenvalue weighted by Gasteiger charge is 2.26. The van der Waals surface area contributed by atoms with Gasteiger partial charge in [0.1, 0.15) is 23.2 Å². The topological polar surface area (TPSA) is 126 Å². The molecule has 1 unspecified atom stereocenters. The maximum absolute atomic E-state index is 13.3. The zero-order valence-electron chi connectivity index (χ0n) is 20.4. The molecule has 4 aromatic rings. The van der Waals surface area contributed by atoms with Crippen LogP contribution in [-0.4, -0.2) is 40.5 Å². The van der Waals surface area contributed by atoms with Crippen molar-refractivity contribution in [1.29, 1.82) is 0 Å². The fraction of sp³-hybridized carbons (Fsp3) is 0.269. The summed E-state index contributed by atoms with van der Waals surface area (Å²) in [6.07, 6.45) is 0.296. The highest BCUT2D eigenvalue weighted by molar-refractivity contribution is 5.96. The van der Waals surface area contributed by atoms with Gasteiger partial charge in [0.2, 0.25) is 5.91 Å². The number of esters is 1. The summed E-state index contributed by atoms with van der Waals surface area (Å²) in [7, 11) is 1.57. The van der Waals surface area contributed by atoms with Crippen LogP contribution in [0.15, 0.2) is 57.8 Å². The Labute approximate surface area is 206 Å². The molecule has 0 aliphatic carbocycles. The van der Waals surface area contributed by atoms with Gasteiger partial charge in [-0.2, -0.15) is 5.10 Å². The third kappa shape index (κ3) is 4.70. The first-order valence-corrected chi connectivity index (χ1v) is 11.5. The number of aryl methyl sites for hydroxylation is 1. The van der Waals surface area contributed by atoms with Gasteiger partial charge in [0.15, 0.2) is 5.52 Å². The zero-order valence-corrected chi connectivity index (χ0v) is 20.4. The van der Waals surface area contributed by atoms with E-state index in [0.29, 0.717) is 45.8 Å². The quantitative estimate of drug-likeness (QED) is 0.365. The van der Waals surface area contributed by atoms with Gasteiger partial charge in [-0.1, -0.05) is 12.1 Å². The summed E-state index contributed by atoms with van der Waals surface area (Å²) in [4.78, 5) is 38.4. The van der Waals surface area contributed by atoms with E-state index >= 15 is 0 Å². The normalized spacial score (nSPS) is 11.8. The third-order valence-corrected chi connectivity index (χ3v) is 5.73. The van der Waals surface area contributed by atoms with Crippen molar-refractivity contribution in [3.63, 3.8) is 0 Å². The number of ether oxygens (including phenoxy) is 2. The second kappa shape index (κ2) is 10.4. The molecule has 2 aromatic heterocycles. The summed E-state index contributed by atoms with van der Waals surface area (Å²) in [6.45, 7) is 5.49. The minimum Gasteiger partial charge on any atom is -0.497 e. The van der Waals surface area contributed by atoms with E-state index in [1.807, 2.05) is 12.1 Å². The number of amides is 1. The number of carbonyl (C=O) groups excluding carboxylic acids is 2. The van der Waals surface area contributed by atoms with Crippen molar-refractivity contribution < 1.29 is 23.6 Å². The molecular formula is C26H26N4O6. The lowest BCUT2D eigenvalue weighted by Gasteiger charge is -2.18. The van der Waals surface area contributed by atoms with Crippen molar-refractivity contribution in [2.75, 3.05) is 19.0 Å². The molecule has 10 heteroatoms. The van der Waals surface area contributed by atoms with Crippen LogP contribution in [-0.2, 0) is 9.53 Å². The third-order valence-electron chi connectivity index (χ3n) is 5.73. The Morgan fingerprint density at radius 3 is 2.39 bits per heavy atom. The number of carbonyl (C=O) groups is 2. The van der Waals surface area contributed by atoms with E-state index in [1.165, 1.54) is 0 Å². The molecule has 0 aliphatic rings. The van der Waals surface area contributed by atoms with Gasteiger partial charge in [0, 0.05) is 11.3 Å². The Kier molecular flexibility index (Phi) is 7.14. The Balaban J connectivity index is 1.71. The minimum atomic E-state index is -0.916. The number of nitrogens with zero attached hydrogens (tertiary/aromatic N) is 3. The maximum Gasteiger partial charge on any atom is 0.338 e. The summed E-state index contributed by atoms with van der Waals surface area (Å²) in [5.74, 6) is 0.243. The monoisotopic (exact) mass is 490 g/mol. The van der Waals surface area contributed by atoms with Crippen molar-refractivity contribution in [3.8, 4) is 17.0 Å². The largest absolute Gasteiger partial charge is 0.497 e. The van der Waals surface area contributed by atoms with Crippen LogP contribution in [0.3, 0.4) is 0 Å². The maximum atomic E-state index is 13.3. The molecule has 0 saturated heterocycles. The highest BCUT2D eigenvalue weighted by Crippen LogP contribution is 2.29. The summed E-state index contributed by atoms with van der Waals surface area (Å²) < 4.78 is 16.7. The molecule has 0 radical (unpaired) electrons. The van der Waals surface area contributed by atoms with Crippen LogP contribution in [0.4, 0.5) is 5.69 Å². The molecule has 36 heavy (non-hydrogen) atoms. The average Bonchev–Trinajstić information content (AvgIpc) is 3.28. The van der Waals surface area contributed by atoms with Crippen LogP contribution in [0.5, 0.6) is 5.75 Å². The van der Waals surface area contributed by atoms with Crippen molar-refractivity contribution in [3.05, 3.63) is 70.2 Å². The summed E-state index contributed by atoms with van der Waals surface area (Å²) in [5.41, 5.74) is 1.59. The van der Waals surface area contributed by atoms with Crippen molar-refractivity contribution >= 4 is 28.5 Å². The van der Waals surface area contributed by atoms with E-state index in [4.69, 9.17) is 14.0 Å². The number of hydrogen-bond acceptors (Lipinski definition) is 8. The molecule has 186 valence electrons.